The zero-order valence-electron chi connectivity index (χ0n) is 17.2. The maximum absolute atomic E-state index is 12.6. The lowest BCUT2D eigenvalue weighted by atomic mass is 9.99. The van der Waals surface area contributed by atoms with E-state index in [0.29, 0.717) is 17.2 Å². The zero-order chi connectivity index (χ0) is 22.3. The molecule has 7 nitrogen and oxygen atoms in total. The van der Waals surface area contributed by atoms with Crippen molar-refractivity contribution in [3.63, 3.8) is 0 Å². The molecule has 4 aromatic rings. The normalized spacial score (nSPS) is 11.6. The molecule has 1 aromatic heterocycles. The summed E-state index contributed by atoms with van der Waals surface area (Å²) in [4.78, 5) is 37.0. The smallest absolute Gasteiger partial charge is 0.359 e. The van der Waals surface area contributed by atoms with E-state index in [1.807, 2.05) is 60.7 Å². The summed E-state index contributed by atoms with van der Waals surface area (Å²) in [5.74, 6) is -1.22. The molecule has 0 saturated carbocycles. The van der Waals surface area contributed by atoms with Crippen LogP contribution in [0.1, 0.15) is 27.7 Å². The van der Waals surface area contributed by atoms with Crippen molar-refractivity contribution in [2.24, 2.45) is 0 Å². The van der Waals surface area contributed by atoms with Crippen LogP contribution in [0.15, 0.2) is 89.7 Å². The highest BCUT2D eigenvalue weighted by molar-refractivity contribution is 6.02. The van der Waals surface area contributed by atoms with Crippen molar-refractivity contribution in [2.75, 3.05) is 6.61 Å². The zero-order valence-corrected chi connectivity index (χ0v) is 17.2. The first-order valence-electron chi connectivity index (χ1n) is 10.1. The van der Waals surface area contributed by atoms with Crippen LogP contribution in [0.25, 0.3) is 10.8 Å². The van der Waals surface area contributed by atoms with Crippen molar-refractivity contribution < 1.29 is 14.3 Å². The highest BCUT2D eigenvalue weighted by Crippen LogP contribution is 2.18. The summed E-state index contributed by atoms with van der Waals surface area (Å²) in [6.07, 6.45) is 0.594. The second-order valence-corrected chi connectivity index (χ2v) is 7.24. The molecule has 4 rings (SSSR count). The van der Waals surface area contributed by atoms with E-state index in [2.05, 4.69) is 15.5 Å². The van der Waals surface area contributed by atoms with Gasteiger partial charge in [-0.05, 0) is 23.6 Å². The van der Waals surface area contributed by atoms with Gasteiger partial charge in [0.25, 0.3) is 11.5 Å². The largest absolute Gasteiger partial charge is 0.451 e. The van der Waals surface area contributed by atoms with Crippen molar-refractivity contribution in [3.8, 4) is 0 Å². The third-order valence-corrected chi connectivity index (χ3v) is 5.04. The minimum Gasteiger partial charge on any atom is -0.451 e. The standard InChI is InChI=1S/C25H21N3O4/c29-22(16-32-25(31)23-19-13-7-8-14-20(19)24(30)28-27-23)26-21(18-11-5-2-6-12-18)15-17-9-3-1-4-10-17/h1-14,21H,15-16H2,(H,26,29)(H,28,30). The summed E-state index contributed by atoms with van der Waals surface area (Å²) in [5.41, 5.74) is 1.57. The molecule has 0 aliphatic rings. The van der Waals surface area contributed by atoms with Gasteiger partial charge in [0.1, 0.15) is 0 Å². The van der Waals surface area contributed by atoms with Crippen LogP contribution >= 0.6 is 0 Å². The first-order chi connectivity index (χ1) is 15.6. The second-order valence-electron chi connectivity index (χ2n) is 7.24. The minimum atomic E-state index is -0.785. The fourth-order valence-corrected chi connectivity index (χ4v) is 3.49. The number of nitrogens with zero attached hydrogens (tertiary/aromatic N) is 1. The topological polar surface area (TPSA) is 101 Å². The first-order valence-corrected chi connectivity index (χ1v) is 10.1. The molecule has 0 radical (unpaired) electrons. The Hall–Kier alpha value is -4.26. The van der Waals surface area contributed by atoms with Crippen LogP contribution in [0.5, 0.6) is 0 Å². The van der Waals surface area contributed by atoms with E-state index in [1.165, 1.54) is 0 Å². The Bertz CT molecular complexity index is 1290. The molecule has 160 valence electrons. The third kappa shape index (κ3) is 4.89. The molecular weight excluding hydrogens is 406 g/mol. The second kappa shape index (κ2) is 9.70. The number of aromatic amines is 1. The number of fused-ring (bicyclic) bond motifs is 1. The third-order valence-electron chi connectivity index (χ3n) is 5.04. The van der Waals surface area contributed by atoms with Crippen LogP contribution in [0.4, 0.5) is 0 Å². The van der Waals surface area contributed by atoms with Crippen molar-refractivity contribution in [2.45, 2.75) is 12.5 Å². The highest BCUT2D eigenvalue weighted by Gasteiger charge is 2.19. The summed E-state index contributed by atoms with van der Waals surface area (Å²) in [7, 11) is 0. The molecule has 1 amide bonds. The number of rotatable bonds is 7. The van der Waals surface area contributed by atoms with Gasteiger partial charge in [0.05, 0.1) is 11.4 Å². The summed E-state index contributed by atoms with van der Waals surface area (Å²) in [6.45, 7) is -0.466. The van der Waals surface area contributed by atoms with Gasteiger partial charge in [0, 0.05) is 5.39 Å². The van der Waals surface area contributed by atoms with Crippen molar-refractivity contribution in [1.29, 1.82) is 0 Å². The van der Waals surface area contributed by atoms with E-state index in [9.17, 15) is 14.4 Å². The maximum atomic E-state index is 12.6. The number of H-pyrrole nitrogens is 1. The van der Waals surface area contributed by atoms with Crippen molar-refractivity contribution >= 4 is 22.6 Å². The van der Waals surface area contributed by atoms with Gasteiger partial charge in [-0.15, -0.1) is 0 Å². The monoisotopic (exact) mass is 427 g/mol. The van der Waals surface area contributed by atoms with Crippen LogP contribution in [-0.2, 0) is 16.0 Å². The number of hydrogen-bond acceptors (Lipinski definition) is 5. The molecule has 32 heavy (non-hydrogen) atoms. The molecule has 1 heterocycles. The number of esters is 1. The molecule has 1 unspecified atom stereocenters. The molecule has 0 bridgehead atoms. The molecule has 1 atom stereocenters. The van der Waals surface area contributed by atoms with E-state index in [-0.39, 0.29) is 11.7 Å². The lowest BCUT2D eigenvalue weighted by Crippen LogP contribution is -2.33. The Morgan fingerprint density at radius 2 is 1.50 bits per heavy atom. The fourth-order valence-electron chi connectivity index (χ4n) is 3.49. The quantitative estimate of drug-likeness (QED) is 0.441. The molecule has 0 saturated heterocycles. The molecule has 0 aliphatic carbocycles. The Morgan fingerprint density at radius 1 is 0.875 bits per heavy atom. The number of hydrogen-bond donors (Lipinski definition) is 2. The van der Waals surface area contributed by atoms with Crippen molar-refractivity contribution in [3.05, 3.63) is 112 Å². The molecule has 0 spiro atoms. The van der Waals surface area contributed by atoms with Gasteiger partial charge in [-0.1, -0.05) is 78.9 Å². The van der Waals surface area contributed by atoms with Gasteiger partial charge in [-0.25, -0.2) is 9.89 Å². The number of carbonyl (C=O) groups excluding carboxylic acids is 2. The number of nitrogens with one attached hydrogen (secondary N) is 2. The van der Waals surface area contributed by atoms with Crippen LogP contribution in [0.3, 0.4) is 0 Å². The fraction of sp³-hybridized carbons (Fsp3) is 0.120. The van der Waals surface area contributed by atoms with E-state index >= 15 is 0 Å². The lowest BCUT2D eigenvalue weighted by Gasteiger charge is -2.19. The Labute approximate surface area is 184 Å². The van der Waals surface area contributed by atoms with Gasteiger partial charge in [0.15, 0.2) is 12.3 Å². The van der Waals surface area contributed by atoms with Crippen molar-refractivity contribution in [1.82, 2.24) is 15.5 Å². The number of benzene rings is 3. The lowest BCUT2D eigenvalue weighted by molar-refractivity contribution is -0.125. The van der Waals surface area contributed by atoms with Gasteiger partial charge >= 0.3 is 5.97 Å². The Kier molecular flexibility index (Phi) is 6.36. The Balaban J connectivity index is 1.45. The highest BCUT2D eigenvalue weighted by atomic mass is 16.5. The minimum absolute atomic E-state index is 0.0445. The van der Waals surface area contributed by atoms with E-state index < -0.39 is 24.0 Å². The van der Waals surface area contributed by atoms with Gasteiger partial charge in [-0.3, -0.25) is 9.59 Å². The number of carbonyl (C=O) groups is 2. The summed E-state index contributed by atoms with van der Waals surface area (Å²) in [5, 5.41) is 9.72. The first kappa shape index (κ1) is 21.0. The number of ether oxygens (including phenoxy) is 1. The summed E-state index contributed by atoms with van der Waals surface area (Å²) >= 11 is 0. The van der Waals surface area contributed by atoms with Gasteiger partial charge in [-0.2, -0.15) is 5.10 Å². The summed E-state index contributed by atoms with van der Waals surface area (Å²) in [6, 6.07) is 25.7. The molecule has 0 fully saturated rings. The van der Waals surface area contributed by atoms with Gasteiger partial charge < -0.3 is 10.1 Å². The average Bonchev–Trinajstić information content (AvgIpc) is 2.84. The maximum Gasteiger partial charge on any atom is 0.359 e. The number of amides is 1. The van der Waals surface area contributed by atoms with E-state index in [0.717, 1.165) is 11.1 Å². The van der Waals surface area contributed by atoms with Crippen LogP contribution in [-0.4, -0.2) is 28.7 Å². The average molecular weight is 427 g/mol. The van der Waals surface area contributed by atoms with Crippen LogP contribution in [0.2, 0.25) is 0 Å². The van der Waals surface area contributed by atoms with Crippen LogP contribution in [0, 0.1) is 0 Å². The predicted octanol–water partition coefficient (Wildman–Crippen LogP) is 3.18. The molecule has 2 N–H and O–H groups in total. The number of aromatic nitrogens is 2. The van der Waals surface area contributed by atoms with E-state index in [1.54, 1.807) is 24.3 Å². The van der Waals surface area contributed by atoms with Gasteiger partial charge in [0.2, 0.25) is 0 Å². The van der Waals surface area contributed by atoms with E-state index in [4.69, 9.17) is 4.74 Å². The Morgan fingerprint density at radius 3 is 2.22 bits per heavy atom. The molecule has 0 aliphatic heterocycles. The molecule has 3 aromatic carbocycles. The molecule has 7 heteroatoms. The SMILES string of the molecule is O=C(COC(=O)c1n[nH]c(=O)c2ccccc12)NC(Cc1ccccc1)c1ccccc1. The predicted molar refractivity (Wildman–Crippen MR) is 120 cm³/mol. The van der Waals surface area contributed by atoms with Crippen LogP contribution < -0.4 is 10.9 Å². The molecular formula is C25H21N3O4. The summed E-state index contributed by atoms with van der Waals surface area (Å²) < 4.78 is 5.19.